The standard InChI is InChI=1S/C25H28N4O4/c26-23(31)18-10-14-28(15-11-18)13-9-17-5-7-19(8-6-17)27-22(30)12-16-29-24(32)20-3-1-2-4-21(20)25(29)33/h1-8,18H,9-16H2,(H2,26,31)(H,27,30). The Hall–Kier alpha value is -3.52. The predicted octanol–water partition coefficient (Wildman–Crippen LogP) is 2.05. The molecule has 0 saturated carbocycles. The number of hydrogen-bond donors (Lipinski definition) is 2. The van der Waals surface area contributed by atoms with E-state index in [0.717, 1.165) is 49.4 Å². The molecule has 1 saturated heterocycles. The molecule has 0 aliphatic carbocycles. The van der Waals surface area contributed by atoms with Gasteiger partial charge in [-0.05, 0) is 62.2 Å². The average Bonchev–Trinajstić information content (AvgIpc) is 3.07. The van der Waals surface area contributed by atoms with Gasteiger partial charge in [-0.2, -0.15) is 0 Å². The summed E-state index contributed by atoms with van der Waals surface area (Å²) in [7, 11) is 0. The van der Waals surface area contributed by atoms with Gasteiger partial charge in [-0.15, -0.1) is 0 Å². The van der Waals surface area contributed by atoms with Crippen molar-refractivity contribution >= 4 is 29.3 Å². The Kier molecular flexibility index (Phi) is 6.84. The second-order valence-corrected chi connectivity index (χ2v) is 8.57. The topological polar surface area (TPSA) is 113 Å². The van der Waals surface area contributed by atoms with E-state index in [1.807, 2.05) is 24.3 Å². The number of anilines is 1. The fourth-order valence-electron chi connectivity index (χ4n) is 4.36. The first-order valence-electron chi connectivity index (χ1n) is 11.3. The molecule has 2 heterocycles. The van der Waals surface area contributed by atoms with Gasteiger partial charge in [0.15, 0.2) is 0 Å². The molecule has 2 aromatic carbocycles. The second kappa shape index (κ2) is 9.95. The highest BCUT2D eigenvalue weighted by Crippen LogP contribution is 2.22. The first kappa shape index (κ1) is 22.7. The van der Waals surface area contributed by atoms with Crippen molar-refractivity contribution in [1.82, 2.24) is 9.80 Å². The van der Waals surface area contributed by atoms with E-state index in [4.69, 9.17) is 5.73 Å². The first-order chi connectivity index (χ1) is 15.9. The van der Waals surface area contributed by atoms with Crippen LogP contribution >= 0.6 is 0 Å². The van der Waals surface area contributed by atoms with Crippen LogP contribution in [0.15, 0.2) is 48.5 Å². The summed E-state index contributed by atoms with van der Waals surface area (Å²) < 4.78 is 0. The number of likely N-dealkylation sites (tertiary alicyclic amines) is 1. The van der Waals surface area contributed by atoms with Crippen LogP contribution in [0.25, 0.3) is 0 Å². The van der Waals surface area contributed by atoms with E-state index in [9.17, 15) is 19.2 Å². The summed E-state index contributed by atoms with van der Waals surface area (Å²) in [5, 5.41) is 2.82. The molecule has 4 rings (SSSR count). The van der Waals surface area contributed by atoms with Gasteiger partial charge in [-0.25, -0.2) is 0 Å². The van der Waals surface area contributed by atoms with Crippen LogP contribution in [0.5, 0.6) is 0 Å². The number of hydrogen-bond acceptors (Lipinski definition) is 5. The number of primary amides is 1. The first-order valence-corrected chi connectivity index (χ1v) is 11.3. The summed E-state index contributed by atoms with van der Waals surface area (Å²) in [6.45, 7) is 2.73. The smallest absolute Gasteiger partial charge is 0.261 e. The molecule has 8 heteroatoms. The number of amides is 4. The number of imide groups is 1. The molecule has 2 aromatic rings. The monoisotopic (exact) mass is 448 g/mol. The maximum absolute atomic E-state index is 12.4. The van der Waals surface area contributed by atoms with Crippen LogP contribution in [-0.4, -0.2) is 59.6 Å². The molecule has 2 aliphatic heterocycles. The average molecular weight is 449 g/mol. The van der Waals surface area contributed by atoms with Crippen molar-refractivity contribution in [2.75, 3.05) is 31.5 Å². The highest BCUT2D eigenvalue weighted by atomic mass is 16.2. The quantitative estimate of drug-likeness (QED) is 0.600. The molecule has 0 aromatic heterocycles. The van der Waals surface area contributed by atoms with Crippen molar-refractivity contribution in [2.24, 2.45) is 11.7 Å². The molecule has 0 atom stereocenters. The fraction of sp³-hybridized carbons (Fsp3) is 0.360. The molecule has 0 spiro atoms. The van der Waals surface area contributed by atoms with Gasteiger partial charge in [0.05, 0.1) is 11.1 Å². The van der Waals surface area contributed by atoms with Gasteiger partial charge in [0.2, 0.25) is 11.8 Å². The SMILES string of the molecule is NC(=O)C1CCN(CCc2ccc(NC(=O)CCN3C(=O)c4ccccc4C3=O)cc2)CC1. The van der Waals surface area contributed by atoms with Gasteiger partial charge in [-0.3, -0.25) is 24.1 Å². The molecule has 172 valence electrons. The Labute approximate surface area is 192 Å². The molecule has 4 amide bonds. The van der Waals surface area contributed by atoms with Crippen LogP contribution in [0.2, 0.25) is 0 Å². The fourth-order valence-corrected chi connectivity index (χ4v) is 4.36. The summed E-state index contributed by atoms with van der Waals surface area (Å²) in [4.78, 5) is 51.9. The number of fused-ring (bicyclic) bond motifs is 1. The van der Waals surface area contributed by atoms with Crippen molar-refractivity contribution in [3.8, 4) is 0 Å². The lowest BCUT2D eigenvalue weighted by Crippen LogP contribution is -2.39. The van der Waals surface area contributed by atoms with Gasteiger partial charge >= 0.3 is 0 Å². The van der Waals surface area contributed by atoms with Gasteiger partial charge in [0.1, 0.15) is 0 Å². The number of carbonyl (C=O) groups excluding carboxylic acids is 4. The molecule has 8 nitrogen and oxygen atoms in total. The zero-order valence-corrected chi connectivity index (χ0v) is 18.5. The zero-order chi connectivity index (χ0) is 23.4. The highest BCUT2D eigenvalue weighted by molar-refractivity contribution is 6.21. The van der Waals surface area contributed by atoms with Crippen LogP contribution in [0.3, 0.4) is 0 Å². The normalized spacial score (nSPS) is 16.7. The number of piperidine rings is 1. The maximum Gasteiger partial charge on any atom is 0.261 e. The Morgan fingerprint density at radius 1 is 0.909 bits per heavy atom. The Morgan fingerprint density at radius 3 is 2.09 bits per heavy atom. The molecule has 0 bridgehead atoms. The van der Waals surface area contributed by atoms with E-state index in [1.165, 1.54) is 0 Å². The lowest BCUT2D eigenvalue weighted by atomic mass is 9.96. The third-order valence-corrected chi connectivity index (χ3v) is 6.39. The van der Waals surface area contributed by atoms with E-state index < -0.39 is 0 Å². The van der Waals surface area contributed by atoms with Crippen LogP contribution in [0.1, 0.15) is 45.5 Å². The van der Waals surface area contributed by atoms with Gasteiger partial charge in [-0.1, -0.05) is 24.3 Å². The minimum absolute atomic E-state index is 0.00109. The Balaban J connectivity index is 1.21. The minimum Gasteiger partial charge on any atom is -0.369 e. The molecule has 3 N–H and O–H groups in total. The summed E-state index contributed by atoms with van der Waals surface area (Å²) in [5.74, 6) is -1.16. The van der Waals surface area contributed by atoms with E-state index in [-0.39, 0.29) is 42.5 Å². The van der Waals surface area contributed by atoms with Crippen molar-refractivity contribution in [3.63, 3.8) is 0 Å². The summed E-state index contributed by atoms with van der Waals surface area (Å²) >= 11 is 0. The van der Waals surface area contributed by atoms with Gasteiger partial charge < -0.3 is 16.0 Å². The number of carbonyl (C=O) groups is 4. The van der Waals surface area contributed by atoms with E-state index in [0.29, 0.717) is 16.8 Å². The van der Waals surface area contributed by atoms with Crippen LogP contribution in [0.4, 0.5) is 5.69 Å². The van der Waals surface area contributed by atoms with E-state index >= 15 is 0 Å². The predicted molar refractivity (Wildman–Crippen MR) is 124 cm³/mol. The number of nitrogens with two attached hydrogens (primary N) is 1. The number of nitrogens with zero attached hydrogens (tertiary/aromatic N) is 2. The Bertz CT molecular complexity index is 1020. The summed E-state index contributed by atoms with van der Waals surface area (Å²) in [6, 6.07) is 14.4. The molecule has 2 aliphatic rings. The van der Waals surface area contributed by atoms with Gasteiger partial charge in [0.25, 0.3) is 11.8 Å². The lowest BCUT2D eigenvalue weighted by Gasteiger charge is -2.30. The van der Waals surface area contributed by atoms with Gasteiger partial charge in [0, 0.05) is 31.1 Å². The van der Waals surface area contributed by atoms with Crippen LogP contribution in [-0.2, 0) is 16.0 Å². The third-order valence-electron chi connectivity index (χ3n) is 6.39. The third kappa shape index (κ3) is 5.28. The van der Waals surface area contributed by atoms with E-state index in [2.05, 4.69) is 10.2 Å². The second-order valence-electron chi connectivity index (χ2n) is 8.57. The molecule has 33 heavy (non-hydrogen) atoms. The molecule has 1 fully saturated rings. The molecule has 0 unspecified atom stereocenters. The van der Waals surface area contributed by atoms with Crippen molar-refractivity contribution in [1.29, 1.82) is 0 Å². The highest BCUT2D eigenvalue weighted by Gasteiger charge is 2.34. The largest absolute Gasteiger partial charge is 0.369 e. The van der Waals surface area contributed by atoms with Crippen LogP contribution < -0.4 is 11.1 Å². The number of rotatable bonds is 8. The van der Waals surface area contributed by atoms with Crippen molar-refractivity contribution < 1.29 is 19.2 Å². The number of nitrogens with one attached hydrogen (secondary N) is 1. The summed E-state index contributed by atoms with van der Waals surface area (Å²) in [6.07, 6.45) is 2.56. The van der Waals surface area contributed by atoms with Crippen LogP contribution in [0, 0.1) is 5.92 Å². The Morgan fingerprint density at radius 2 is 1.52 bits per heavy atom. The van der Waals surface area contributed by atoms with Crippen molar-refractivity contribution in [2.45, 2.75) is 25.7 Å². The van der Waals surface area contributed by atoms with Crippen molar-refractivity contribution in [3.05, 3.63) is 65.2 Å². The maximum atomic E-state index is 12.4. The van der Waals surface area contributed by atoms with E-state index in [1.54, 1.807) is 24.3 Å². The minimum atomic E-state index is -0.355. The molecule has 0 radical (unpaired) electrons. The zero-order valence-electron chi connectivity index (χ0n) is 18.5. The lowest BCUT2D eigenvalue weighted by molar-refractivity contribution is -0.123. The summed E-state index contributed by atoms with van der Waals surface area (Å²) in [5.41, 5.74) is 7.99. The number of benzene rings is 2. The molecular formula is C25H28N4O4. The molecular weight excluding hydrogens is 420 g/mol.